The second kappa shape index (κ2) is 5.80. The lowest BCUT2D eigenvalue weighted by atomic mass is 9.98. The summed E-state index contributed by atoms with van der Waals surface area (Å²) in [5.74, 6) is 0.265. The highest BCUT2D eigenvalue weighted by Crippen LogP contribution is 2.39. The Kier molecular flexibility index (Phi) is 3.42. The number of nitrogens with zero attached hydrogens (tertiary/aromatic N) is 2. The topological polar surface area (TPSA) is 70.1 Å². The summed E-state index contributed by atoms with van der Waals surface area (Å²) < 4.78 is 0. The first-order chi connectivity index (χ1) is 12.7. The van der Waals surface area contributed by atoms with Crippen molar-refractivity contribution in [2.24, 2.45) is 5.10 Å². The number of carbonyl (C=O) groups excluding carboxylic acids is 1. The van der Waals surface area contributed by atoms with Gasteiger partial charge in [-0.25, -0.2) is 5.43 Å². The number of H-pyrrole nitrogens is 1. The molecule has 0 saturated heterocycles. The van der Waals surface area contributed by atoms with Crippen molar-refractivity contribution in [2.75, 3.05) is 0 Å². The molecule has 5 nitrogen and oxygen atoms in total. The molecule has 0 bridgehead atoms. The lowest BCUT2D eigenvalue weighted by Gasteiger charge is -2.09. The first-order valence-electron chi connectivity index (χ1n) is 9.14. The predicted octanol–water partition coefficient (Wildman–Crippen LogP) is 3.69. The summed E-state index contributed by atoms with van der Waals surface area (Å²) in [7, 11) is 0. The SMILES string of the molecule is CC(=NNC(=O)c1cc(C2CC2)[nH]n1)c1ccc2c3c(cccc13)CC2. The van der Waals surface area contributed by atoms with Crippen LogP contribution in [0.1, 0.15) is 58.6 Å². The van der Waals surface area contributed by atoms with Gasteiger partial charge in [0.1, 0.15) is 0 Å². The number of hydrazone groups is 1. The molecule has 0 atom stereocenters. The van der Waals surface area contributed by atoms with Gasteiger partial charge in [0.25, 0.3) is 5.91 Å². The van der Waals surface area contributed by atoms with Crippen LogP contribution in [0, 0.1) is 0 Å². The van der Waals surface area contributed by atoms with Crippen LogP contribution < -0.4 is 5.43 Å². The molecule has 1 saturated carbocycles. The van der Waals surface area contributed by atoms with E-state index in [-0.39, 0.29) is 5.91 Å². The van der Waals surface area contributed by atoms with Gasteiger partial charge in [0.05, 0.1) is 5.71 Å². The summed E-state index contributed by atoms with van der Waals surface area (Å²) in [5.41, 5.74) is 8.75. The van der Waals surface area contributed by atoms with Crippen molar-refractivity contribution in [3.8, 4) is 0 Å². The molecule has 1 heterocycles. The van der Waals surface area contributed by atoms with Gasteiger partial charge in [-0.05, 0) is 60.6 Å². The van der Waals surface area contributed by atoms with Gasteiger partial charge in [-0.3, -0.25) is 9.89 Å². The lowest BCUT2D eigenvalue weighted by Crippen LogP contribution is -2.19. The van der Waals surface area contributed by atoms with Gasteiger partial charge in [0, 0.05) is 17.2 Å². The Morgan fingerprint density at radius 2 is 2.00 bits per heavy atom. The molecule has 2 aliphatic carbocycles. The van der Waals surface area contributed by atoms with E-state index in [1.165, 1.54) is 34.7 Å². The fourth-order valence-electron chi connectivity index (χ4n) is 3.87. The highest BCUT2D eigenvalue weighted by Gasteiger charge is 2.26. The molecular weight excluding hydrogens is 324 g/mol. The number of aryl methyl sites for hydroxylation is 2. The van der Waals surface area contributed by atoms with E-state index in [4.69, 9.17) is 0 Å². The third-order valence-electron chi connectivity index (χ3n) is 5.44. The highest BCUT2D eigenvalue weighted by molar-refractivity contribution is 6.11. The minimum atomic E-state index is -0.279. The van der Waals surface area contributed by atoms with E-state index in [2.05, 4.69) is 51.1 Å². The molecule has 1 fully saturated rings. The smallest absolute Gasteiger partial charge is 0.281 e. The van der Waals surface area contributed by atoms with Crippen LogP contribution >= 0.6 is 0 Å². The molecule has 0 spiro atoms. The number of hydrogen-bond donors (Lipinski definition) is 2. The number of aromatic amines is 1. The Morgan fingerprint density at radius 1 is 1.19 bits per heavy atom. The van der Waals surface area contributed by atoms with Gasteiger partial charge in [-0.2, -0.15) is 10.2 Å². The monoisotopic (exact) mass is 344 g/mol. The van der Waals surface area contributed by atoms with Gasteiger partial charge in [0.15, 0.2) is 5.69 Å². The molecule has 0 unspecified atom stereocenters. The summed E-state index contributed by atoms with van der Waals surface area (Å²) >= 11 is 0. The molecule has 2 aliphatic rings. The van der Waals surface area contributed by atoms with Crippen molar-refractivity contribution >= 4 is 22.4 Å². The van der Waals surface area contributed by atoms with Crippen LogP contribution in [0.2, 0.25) is 0 Å². The fourth-order valence-corrected chi connectivity index (χ4v) is 3.87. The molecular formula is C21H20N4O. The Labute approximate surface area is 151 Å². The van der Waals surface area contributed by atoms with E-state index in [0.717, 1.165) is 29.8 Å². The molecule has 0 radical (unpaired) electrons. The molecule has 2 aromatic carbocycles. The quantitative estimate of drug-likeness (QED) is 0.560. The predicted molar refractivity (Wildman–Crippen MR) is 102 cm³/mol. The lowest BCUT2D eigenvalue weighted by molar-refractivity contribution is 0.0950. The zero-order valence-corrected chi connectivity index (χ0v) is 14.7. The summed E-state index contributed by atoms with van der Waals surface area (Å²) in [5, 5.41) is 14.0. The number of aromatic nitrogens is 2. The Balaban J connectivity index is 1.41. The number of carbonyl (C=O) groups is 1. The number of benzene rings is 2. The molecule has 1 amide bonds. The number of rotatable bonds is 4. The van der Waals surface area contributed by atoms with E-state index >= 15 is 0 Å². The van der Waals surface area contributed by atoms with Crippen LogP contribution in [-0.4, -0.2) is 21.8 Å². The standard InChI is InChI=1S/C21H20N4O/c1-12(22-25-21(26)19-11-18(23-24-19)13-5-6-13)16-10-9-15-8-7-14-3-2-4-17(16)20(14)15/h2-4,9-11,13H,5-8H2,1H3,(H,23,24)(H,25,26). The van der Waals surface area contributed by atoms with E-state index in [0.29, 0.717) is 11.6 Å². The summed E-state index contributed by atoms with van der Waals surface area (Å²) in [6.07, 6.45) is 4.55. The van der Waals surface area contributed by atoms with E-state index in [9.17, 15) is 4.79 Å². The van der Waals surface area contributed by atoms with Crippen LogP contribution in [0.5, 0.6) is 0 Å². The van der Waals surface area contributed by atoms with Crippen molar-refractivity contribution in [1.29, 1.82) is 0 Å². The normalized spacial score (nSPS) is 16.3. The van der Waals surface area contributed by atoms with E-state index < -0.39 is 0 Å². The zero-order valence-electron chi connectivity index (χ0n) is 14.7. The number of hydrogen-bond acceptors (Lipinski definition) is 3. The van der Waals surface area contributed by atoms with Crippen molar-refractivity contribution in [2.45, 2.75) is 38.5 Å². The summed E-state index contributed by atoms with van der Waals surface area (Å²) in [6.45, 7) is 1.93. The van der Waals surface area contributed by atoms with Gasteiger partial charge in [0.2, 0.25) is 0 Å². The van der Waals surface area contributed by atoms with Crippen molar-refractivity contribution in [1.82, 2.24) is 15.6 Å². The van der Waals surface area contributed by atoms with Gasteiger partial charge >= 0.3 is 0 Å². The molecule has 3 aromatic rings. The van der Waals surface area contributed by atoms with Crippen LogP contribution in [0.25, 0.3) is 10.8 Å². The molecule has 5 rings (SSSR count). The van der Waals surface area contributed by atoms with Gasteiger partial charge < -0.3 is 0 Å². The fraction of sp³-hybridized carbons (Fsp3) is 0.286. The van der Waals surface area contributed by atoms with Crippen molar-refractivity contribution in [3.63, 3.8) is 0 Å². The first-order valence-corrected chi connectivity index (χ1v) is 9.14. The van der Waals surface area contributed by atoms with Gasteiger partial charge in [-0.1, -0.05) is 30.3 Å². The molecule has 26 heavy (non-hydrogen) atoms. The second-order valence-electron chi connectivity index (χ2n) is 7.23. The maximum absolute atomic E-state index is 12.3. The average molecular weight is 344 g/mol. The average Bonchev–Trinajstić information content (AvgIpc) is 3.24. The largest absolute Gasteiger partial charge is 0.291 e. The number of nitrogens with one attached hydrogen (secondary N) is 2. The zero-order chi connectivity index (χ0) is 17.7. The maximum Gasteiger partial charge on any atom is 0.291 e. The third kappa shape index (κ3) is 2.51. The summed E-state index contributed by atoms with van der Waals surface area (Å²) in [6, 6.07) is 12.6. The molecule has 130 valence electrons. The number of amides is 1. The summed E-state index contributed by atoms with van der Waals surface area (Å²) in [4.78, 5) is 12.3. The molecule has 0 aliphatic heterocycles. The second-order valence-corrected chi connectivity index (χ2v) is 7.23. The molecule has 1 aromatic heterocycles. The maximum atomic E-state index is 12.3. The highest BCUT2D eigenvalue weighted by atomic mass is 16.2. The Hall–Kier alpha value is -2.95. The van der Waals surface area contributed by atoms with Crippen LogP contribution in [0.3, 0.4) is 0 Å². The first kappa shape index (κ1) is 15.3. The Bertz CT molecular complexity index is 1050. The molecule has 5 heteroatoms. The van der Waals surface area contributed by atoms with Crippen molar-refractivity contribution in [3.05, 3.63) is 64.5 Å². The third-order valence-corrected chi connectivity index (χ3v) is 5.44. The van der Waals surface area contributed by atoms with E-state index in [1.54, 1.807) is 0 Å². The van der Waals surface area contributed by atoms with Crippen LogP contribution in [0.4, 0.5) is 0 Å². The van der Waals surface area contributed by atoms with Crippen LogP contribution in [0.15, 0.2) is 41.5 Å². The molecule has 2 N–H and O–H groups in total. The Morgan fingerprint density at radius 3 is 2.81 bits per heavy atom. The van der Waals surface area contributed by atoms with Crippen LogP contribution in [-0.2, 0) is 12.8 Å². The van der Waals surface area contributed by atoms with Gasteiger partial charge in [-0.15, -0.1) is 0 Å². The van der Waals surface area contributed by atoms with E-state index in [1.807, 2.05) is 13.0 Å². The van der Waals surface area contributed by atoms with Crippen molar-refractivity contribution < 1.29 is 4.79 Å². The minimum Gasteiger partial charge on any atom is -0.281 e. The minimum absolute atomic E-state index is 0.279.